The second-order valence-corrected chi connectivity index (χ2v) is 5.25. The van der Waals surface area contributed by atoms with Crippen LogP contribution in [-0.4, -0.2) is 19.3 Å². The van der Waals surface area contributed by atoms with Crippen LogP contribution in [0.5, 0.6) is 11.5 Å². The van der Waals surface area contributed by atoms with Gasteiger partial charge in [0.15, 0.2) is 0 Å². The first-order valence-corrected chi connectivity index (χ1v) is 7.31. The molecule has 0 spiro atoms. The molecule has 0 saturated heterocycles. The molecule has 1 atom stereocenters. The summed E-state index contributed by atoms with van der Waals surface area (Å²) in [7, 11) is 0. The second kappa shape index (κ2) is 7.70. The molecular weight excluding hydrogens is 262 g/mol. The van der Waals surface area contributed by atoms with Crippen LogP contribution in [0.2, 0.25) is 0 Å². The lowest BCUT2D eigenvalue weighted by Gasteiger charge is -2.15. The van der Waals surface area contributed by atoms with E-state index in [0.29, 0.717) is 13.2 Å². The number of nitrogens with two attached hydrogens (primary N) is 1. The Balaban J connectivity index is 1.90. The van der Waals surface area contributed by atoms with Gasteiger partial charge in [0, 0.05) is 6.04 Å². The predicted octanol–water partition coefficient (Wildman–Crippen LogP) is 3.34. The average molecular weight is 285 g/mol. The van der Waals surface area contributed by atoms with Gasteiger partial charge in [0.2, 0.25) is 0 Å². The van der Waals surface area contributed by atoms with Crippen LogP contribution in [-0.2, 0) is 6.42 Å². The van der Waals surface area contributed by atoms with Crippen LogP contribution in [0.3, 0.4) is 0 Å². The first-order chi connectivity index (χ1) is 10.2. The van der Waals surface area contributed by atoms with Gasteiger partial charge in [-0.1, -0.05) is 36.4 Å². The molecule has 2 aromatic carbocycles. The molecule has 1 unspecified atom stereocenters. The molecule has 0 fully saturated rings. The first-order valence-electron chi connectivity index (χ1n) is 7.31. The zero-order chi connectivity index (χ0) is 15.1. The Morgan fingerprint density at radius 3 is 2.38 bits per heavy atom. The number of hydrogen-bond donors (Lipinski definition) is 1. The number of benzene rings is 2. The standard InChI is InChI=1S/C18H23NO2/c1-14-7-6-8-16(13-15(2)19)18(14)21-12-11-20-17-9-4-3-5-10-17/h3-10,15H,11-13,19H2,1-2H3. The van der Waals surface area contributed by atoms with Crippen LogP contribution >= 0.6 is 0 Å². The van der Waals surface area contributed by atoms with Crippen LogP contribution in [0.4, 0.5) is 0 Å². The zero-order valence-corrected chi connectivity index (χ0v) is 12.7. The molecule has 2 N–H and O–H groups in total. The number of para-hydroxylation sites is 2. The fourth-order valence-electron chi connectivity index (χ4n) is 2.25. The number of ether oxygens (including phenoxy) is 2. The number of aryl methyl sites for hydroxylation is 1. The number of rotatable bonds is 7. The lowest BCUT2D eigenvalue weighted by molar-refractivity contribution is 0.215. The van der Waals surface area contributed by atoms with E-state index in [-0.39, 0.29) is 6.04 Å². The average Bonchev–Trinajstić information content (AvgIpc) is 2.46. The summed E-state index contributed by atoms with van der Waals surface area (Å²) in [6.07, 6.45) is 0.816. The molecule has 0 radical (unpaired) electrons. The van der Waals surface area contributed by atoms with Crippen molar-refractivity contribution in [3.05, 3.63) is 59.7 Å². The van der Waals surface area contributed by atoms with Crippen LogP contribution in [0, 0.1) is 6.92 Å². The van der Waals surface area contributed by atoms with Gasteiger partial charge in [0.1, 0.15) is 24.7 Å². The summed E-state index contributed by atoms with van der Waals surface area (Å²) in [6.45, 7) is 5.10. The summed E-state index contributed by atoms with van der Waals surface area (Å²) in [5.74, 6) is 1.80. The molecule has 0 aliphatic carbocycles. The van der Waals surface area contributed by atoms with Crippen molar-refractivity contribution < 1.29 is 9.47 Å². The van der Waals surface area contributed by atoms with E-state index in [1.807, 2.05) is 43.3 Å². The van der Waals surface area contributed by atoms with Crippen LogP contribution < -0.4 is 15.2 Å². The molecular formula is C18H23NO2. The summed E-state index contributed by atoms with van der Waals surface area (Å²) >= 11 is 0. The maximum atomic E-state index is 5.91. The fourth-order valence-corrected chi connectivity index (χ4v) is 2.25. The summed E-state index contributed by atoms with van der Waals surface area (Å²) in [5, 5.41) is 0. The predicted molar refractivity (Wildman–Crippen MR) is 86.0 cm³/mol. The van der Waals surface area contributed by atoms with E-state index < -0.39 is 0 Å². The molecule has 3 nitrogen and oxygen atoms in total. The SMILES string of the molecule is Cc1cccc(CC(C)N)c1OCCOc1ccccc1. The van der Waals surface area contributed by atoms with Crippen molar-refractivity contribution in [3.63, 3.8) is 0 Å². The largest absolute Gasteiger partial charge is 0.490 e. The fraction of sp³-hybridized carbons (Fsp3) is 0.333. The molecule has 0 bridgehead atoms. The quantitative estimate of drug-likeness (QED) is 0.793. The van der Waals surface area contributed by atoms with Gasteiger partial charge in [-0.3, -0.25) is 0 Å². The molecule has 112 valence electrons. The molecule has 0 amide bonds. The summed E-state index contributed by atoms with van der Waals surface area (Å²) in [6, 6.07) is 16.1. The normalized spacial score (nSPS) is 12.0. The Hall–Kier alpha value is -2.00. The van der Waals surface area contributed by atoms with Gasteiger partial charge in [-0.2, -0.15) is 0 Å². The van der Waals surface area contributed by atoms with Crippen LogP contribution in [0.15, 0.2) is 48.5 Å². The summed E-state index contributed by atoms with van der Waals surface area (Å²) in [4.78, 5) is 0. The monoisotopic (exact) mass is 285 g/mol. The van der Waals surface area contributed by atoms with Crippen LogP contribution in [0.25, 0.3) is 0 Å². The third kappa shape index (κ3) is 4.80. The lowest BCUT2D eigenvalue weighted by Crippen LogP contribution is -2.19. The zero-order valence-electron chi connectivity index (χ0n) is 12.7. The Kier molecular flexibility index (Phi) is 5.64. The molecule has 2 aromatic rings. The van der Waals surface area contributed by atoms with E-state index >= 15 is 0 Å². The van der Waals surface area contributed by atoms with Crippen molar-refractivity contribution in [1.82, 2.24) is 0 Å². The maximum Gasteiger partial charge on any atom is 0.125 e. The van der Waals surface area contributed by atoms with Crippen LogP contribution in [0.1, 0.15) is 18.1 Å². The summed E-state index contributed by atoms with van der Waals surface area (Å²) < 4.78 is 11.5. The highest BCUT2D eigenvalue weighted by atomic mass is 16.5. The highest BCUT2D eigenvalue weighted by Gasteiger charge is 2.08. The Morgan fingerprint density at radius 1 is 0.952 bits per heavy atom. The van der Waals surface area contributed by atoms with Crippen molar-refractivity contribution in [2.75, 3.05) is 13.2 Å². The molecule has 2 rings (SSSR count). The minimum Gasteiger partial charge on any atom is -0.490 e. The van der Waals surface area contributed by atoms with Gasteiger partial charge in [-0.05, 0) is 43.5 Å². The topological polar surface area (TPSA) is 44.5 Å². The molecule has 3 heteroatoms. The third-order valence-corrected chi connectivity index (χ3v) is 3.18. The van der Waals surface area contributed by atoms with E-state index in [2.05, 4.69) is 19.1 Å². The van der Waals surface area contributed by atoms with Gasteiger partial charge in [0.25, 0.3) is 0 Å². The smallest absolute Gasteiger partial charge is 0.125 e. The van der Waals surface area contributed by atoms with Crippen molar-refractivity contribution in [2.24, 2.45) is 5.73 Å². The van der Waals surface area contributed by atoms with Crippen molar-refractivity contribution in [3.8, 4) is 11.5 Å². The Morgan fingerprint density at radius 2 is 1.67 bits per heavy atom. The van der Waals surface area contributed by atoms with Crippen molar-refractivity contribution in [2.45, 2.75) is 26.3 Å². The van der Waals surface area contributed by atoms with Crippen molar-refractivity contribution >= 4 is 0 Å². The molecule has 0 aromatic heterocycles. The van der Waals surface area contributed by atoms with Gasteiger partial charge in [-0.25, -0.2) is 0 Å². The minimum atomic E-state index is 0.120. The molecule has 21 heavy (non-hydrogen) atoms. The summed E-state index contributed by atoms with van der Waals surface area (Å²) in [5.41, 5.74) is 8.18. The van der Waals surface area contributed by atoms with Gasteiger partial charge in [0.05, 0.1) is 0 Å². The molecule has 0 saturated carbocycles. The third-order valence-electron chi connectivity index (χ3n) is 3.18. The van der Waals surface area contributed by atoms with E-state index in [1.165, 1.54) is 0 Å². The highest BCUT2D eigenvalue weighted by molar-refractivity contribution is 5.41. The van der Waals surface area contributed by atoms with Gasteiger partial charge in [-0.15, -0.1) is 0 Å². The van der Waals surface area contributed by atoms with Crippen molar-refractivity contribution in [1.29, 1.82) is 0 Å². The van der Waals surface area contributed by atoms with E-state index in [1.54, 1.807) is 0 Å². The van der Waals surface area contributed by atoms with E-state index in [9.17, 15) is 0 Å². The molecule has 0 heterocycles. The Labute approximate surface area is 126 Å². The minimum absolute atomic E-state index is 0.120. The molecule has 0 aliphatic rings. The molecule has 0 aliphatic heterocycles. The second-order valence-electron chi connectivity index (χ2n) is 5.25. The lowest BCUT2D eigenvalue weighted by atomic mass is 10.0. The van der Waals surface area contributed by atoms with E-state index in [0.717, 1.165) is 29.0 Å². The maximum absolute atomic E-state index is 5.91. The van der Waals surface area contributed by atoms with E-state index in [4.69, 9.17) is 15.2 Å². The van der Waals surface area contributed by atoms with Gasteiger partial charge < -0.3 is 15.2 Å². The van der Waals surface area contributed by atoms with Gasteiger partial charge >= 0.3 is 0 Å². The first kappa shape index (κ1) is 15.4. The number of hydrogen-bond acceptors (Lipinski definition) is 3. The Bertz CT molecular complexity index is 552. The highest BCUT2D eigenvalue weighted by Crippen LogP contribution is 2.24.